The van der Waals surface area contributed by atoms with Gasteiger partial charge in [0, 0.05) is 17.2 Å². The standard InChI is InChI=1S/C22H30N2O3/c25-20(26)8-7-17-5-4-6-19(15-17)24-21(27)22(11-2-1-3-12-22)16-18-9-13-23-14-10-18/h4-8,15,18,23H,1-3,9-14,16H2,(H,24,27)(H,25,26)/b8-7+. The van der Waals surface area contributed by atoms with Crippen LogP contribution in [-0.2, 0) is 9.59 Å². The average molecular weight is 370 g/mol. The van der Waals surface area contributed by atoms with Crippen molar-refractivity contribution >= 4 is 23.6 Å². The second-order valence-electron chi connectivity index (χ2n) is 7.99. The van der Waals surface area contributed by atoms with Gasteiger partial charge >= 0.3 is 5.97 Å². The van der Waals surface area contributed by atoms with Gasteiger partial charge in [-0.2, -0.15) is 0 Å². The lowest BCUT2D eigenvalue weighted by molar-refractivity contribution is -0.131. The van der Waals surface area contributed by atoms with Crippen molar-refractivity contribution in [2.45, 2.75) is 51.4 Å². The van der Waals surface area contributed by atoms with Crippen molar-refractivity contribution in [2.24, 2.45) is 11.3 Å². The summed E-state index contributed by atoms with van der Waals surface area (Å²) in [5.74, 6) is -0.215. The number of hydrogen-bond acceptors (Lipinski definition) is 3. The van der Waals surface area contributed by atoms with Crippen LogP contribution in [0.4, 0.5) is 5.69 Å². The van der Waals surface area contributed by atoms with Gasteiger partial charge in [-0.25, -0.2) is 4.79 Å². The highest BCUT2D eigenvalue weighted by Gasteiger charge is 2.41. The number of nitrogens with one attached hydrogen (secondary N) is 2. The Hall–Kier alpha value is -2.14. The van der Waals surface area contributed by atoms with Crippen molar-refractivity contribution in [3.63, 3.8) is 0 Å². The summed E-state index contributed by atoms with van der Waals surface area (Å²) in [5, 5.41) is 15.3. The van der Waals surface area contributed by atoms with Gasteiger partial charge in [-0.3, -0.25) is 4.79 Å². The summed E-state index contributed by atoms with van der Waals surface area (Å²) in [6, 6.07) is 7.38. The largest absolute Gasteiger partial charge is 0.478 e. The van der Waals surface area contributed by atoms with Crippen molar-refractivity contribution in [3.05, 3.63) is 35.9 Å². The molecule has 2 fully saturated rings. The number of rotatable bonds is 6. The van der Waals surface area contributed by atoms with Crippen molar-refractivity contribution in [1.82, 2.24) is 5.32 Å². The summed E-state index contributed by atoms with van der Waals surface area (Å²) in [4.78, 5) is 24.0. The van der Waals surface area contributed by atoms with Crippen LogP contribution in [-0.4, -0.2) is 30.1 Å². The van der Waals surface area contributed by atoms with Gasteiger partial charge in [-0.05, 0) is 74.9 Å². The summed E-state index contributed by atoms with van der Waals surface area (Å²) >= 11 is 0. The molecule has 1 amide bonds. The maximum absolute atomic E-state index is 13.3. The number of hydrogen-bond donors (Lipinski definition) is 3. The molecule has 27 heavy (non-hydrogen) atoms. The molecule has 1 saturated heterocycles. The van der Waals surface area contributed by atoms with Crippen LogP contribution in [0.1, 0.15) is 56.9 Å². The summed E-state index contributed by atoms with van der Waals surface area (Å²) in [6.45, 7) is 2.11. The quantitative estimate of drug-likeness (QED) is 0.660. The molecule has 0 aromatic heterocycles. The van der Waals surface area contributed by atoms with Crippen LogP contribution in [0.15, 0.2) is 30.3 Å². The highest BCUT2D eigenvalue weighted by atomic mass is 16.4. The van der Waals surface area contributed by atoms with Gasteiger partial charge in [-0.1, -0.05) is 31.4 Å². The first-order chi connectivity index (χ1) is 13.1. The van der Waals surface area contributed by atoms with E-state index in [-0.39, 0.29) is 11.3 Å². The number of amides is 1. The second kappa shape index (κ2) is 9.18. The number of carbonyl (C=O) groups excluding carboxylic acids is 1. The van der Waals surface area contributed by atoms with Gasteiger partial charge in [0.05, 0.1) is 0 Å². The SMILES string of the molecule is O=C(O)/C=C/c1cccc(NC(=O)C2(CC3CCNCC3)CCCCC2)c1. The van der Waals surface area contributed by atoms with Crippen LogP contribution in [0.25, 0.3) is 6.08 Å². The first-order valence-corrected chi connectivity index (χ1v) is 10.1. The van der Waals surface area contributed by atoms with Crippen LogP contribution in [0, 0.1) is 11.3 Å². The molecule has 0 radical (unpaired) electrons. The highest BCUT2D eigenvalue weighted by Crippen LogP contribution is 2.44. The smallest absolute Gasteiger partial charge is 0.328 e. The molecule has 5 heteroatoms. The summed E-state index contributed by atoms with van der Waals surface area (Å²) in [5.41, 5.74) is 1.25. The van der Waals surface area contributed by atoms with Gasteiger partial charge in [0.15, 0.2) is 0 Å². The number of carbonyl (C=O) groups is 2. The van der Waals surface area contributed by atoms with Crippen LogP contribution < -0.4 is 10.6 Å². The molecule has 1 aliphatic heterocycles. The van der Waals surface area contributed by atoms with Gasteiger partial charge in [0.25, 0.3) is 0 Å². The fraction of sp³-hybridized carbons (Fsp3) is 0.545. The minimum atomic E-state index is -0.979. The number of piperidine rings is 1. The molecule has 5 nitrogen and oxygen atoms in total. The minimum absolute atomic E-state index is 0.139. The van der Waals surface area contributed by atoms with Gasteiger partial charge in [0.1, 0.15) is 0 Å². The molecule has 1 aromatic carbocycles. The predicted octanol–water partition coefficient (Wildman–Crippen LogP) is 4.06. The Labute approximate surface area is 161 Å². The molecule has 3 rings (SSSR count). The molecular formula is C22H30N2O3. The molecular weight excluding hydrogens is 340 g/mol. The Morgan fingerprint density at radius 3 is 2.63 bits per heavy atom. The number of carboxylic acids is 1. The fourth-order valence-electron chi connectivity index (χ4n) is 4.54. The molecule has 2 aliphatic rings. The second-order valence-corrected chi connectivity index (χ2v) is 7.99. The number of anilines is 1. The Bertz CT molecular complexity index is 687. The van der Waals surface area contributed by atoms with Crippen molar-refractivity contribution in [2.75, 3.05) is 18.4 Å². The number of aliphatic carboxylic acids is 1. The van der Waals surface area contributed by atoms with Crippen molar-refractivity contribution in [3.8, 4) is 0 Å². The van der Waals surface area contributed by atoms with Gasteiger partial charge in [0.2, 0.25) is 5.91 Å². The normalized spacial score (nSPS) is 20.4. The van der Waals surface area contributed by atoms with Crippen LogP contribution in [0.3, 0.4) is 0 Å². The molecule has 1 heterocycles. The average Bonchev–Trinajstić information content (AvgIpc) is 2.68. The lowest BCUT2D eigenvalue weighted by atomic mass is 9.67. The zero-order valence-corrected chi connectivity index (χ0v) is 15.9. The highest BCUT2D eigenvalue weighted by molar-refractivity contribution is 5.95. The summed E-state index contributed by atoms with van der Waals surface area (Å²) in [6.07, 6.45) is 11.4. The summed E-state index contributed by atoms with van der Waals surface area (Å²) in [7, 11) is 0. The maximum Gasteiger partial charge on any atom is 0.328 e. The predicted molar refractivity (Wildman–Crippen MR) is 107 cm³/mol. The van der Waals surface area contributed by atoms with Gasteiger partial charge in [-0.15, -0.1) is 0 Å². The van der Waals surface area contributed by atoms with E-state index in [1.165, 1.54) is 6.42 Å². The Kier molecular flexibility index (Phi) is 6.67. The number of carboxylic acid groups (broad SMARTS) is 1. The lowest BCUT2D eigenvalue weighted by Crippen LogP contribution is -2.41. The third-order valence-electron chi connectivity index (χ3n) is 5.99. The van der Waals surface area contributed by atoms with E-state index in [1.54, 1.807) is 6.08 Å². The van der Waals surface area contributed by atoms with E-state index in [2.05, 4.69) is 10.6 Å². The number of benzene rings is 1. The van der Waals surface area contributed by atoms with Crippen molar-refractivity contribution < 1.29 is 14.7 Å². The molecule has 0 atom stereocenters. The zero-order chi connectivity index (χ0) is 19.1. The molecule has 3 N–H and O–H groups in total. The molecule has 1 aromatic rings. The molecule has 146 valence electrons. The van der Waals surface area contributed by atoms with E-state index in [1.807, 2.05) is 24.3 Å². The van der Waals surface area contributed by atoms with E-state index in [9.17, 15) is 9.59 Å². The third-order valence-corrected chi connectivity index (χ3v) is 5.99. The van der Waals surface area contributed by atoms with E-state index >= 15 is 0 Å². The zero-order valence-electron chi connectivity index (χ0n) is 15.9. The first kappa shape index (κ1) is 19.6. The van der Waals surface area contributed by atoms with Crippen LogP contribution in [0.5, 0.6) is 0 Å². The third kappa shape index (κ3) is 5.42. The lowest BCUT2D eigenvalue weighted by Gasteiger charge is -2.39. The molecule has 0 spiro atoms. The molecule has 1 aliphatic carbocycles. The van der Waals surface area contributed by atoms with Crippen molar-refractivity contribution in [1.29, 1.82) is 0 Å². The van der Waals surface area contributed by atoms with Crippen LogP contribution >= 0.6 is 0 Å². The van der Waals surface area contributed by atoms with Gasteiger partial charge < -0.3 is 15.7 Å². The van der Waals surface area contributed by atoms with Crippen LogP contribution in [0.2, 0.25) is 0 Å². The maximum atomic E-state index is 13.3. The van der Waals surface area contributed by atoms with E-state index in [0.717, 1.165) is 75.4 Å². The van der Waals surface area contributed by atoms with E-state index < -0.39 is 5.97 Å². The Morgan fingerprint density at radius 1 is 1.19 bits per heavy atom. The fourth-order valence-corrected chi connectivity index (χ4v) is 4.54. The Balaban J connectivity index is 1.72. The van der Waals surface area contributed by atoms with E-state index in [0.29, 0.717) is 5.92 Å². The topological polar surface area (TPSA) is 78.4 Å². The molecule has 0 unspecified atom stereocenters. The first-order valence-electron chi connectivity index (χ1n) is 10.1. The Morgan fingerprint density at radius 2 is 1.93 bits per heavy atom. The molecule has 0 bridgehead atoms. The monoisotopic (exact) mass is 370 g/mol. The van der Waals surface area contributed by atoms with E-state index in [4.69, 9.17) is 5.11 Å². The molecule has 1 saturated carbocycles. The minimum Gasteiger partial charge on any atom is -0.478 e. The summed E-state index contributed by atoms with van der Waals surface area (Å²) < 4.78 is 0.